The van der Waals surface area contributed by atoms with Gasteiger partial charge in [0.05, 0.1) is 11.1 Å². The predicted molar refractivity (Wildman–Crippen MR) is 109 cm³/mol. The van der Waals surface area contributed by atoms with Crippen molar-refractivity contribution in [3.05, 3.63) is 59.6 Å². The number of furan rings is 1. The summed E-state index contributed by atoms with van der Waals surface area (Å²) < 4.78 is 6.00. The monoisotopic (exact) mass is 387 g/mol. The molecule has 1 aromatic carbocycles. The third-order valence-electron chi connectivity index (χ3n) is 4.37. The van der Waals surface area contributed by atoms with Crippen LogP contribution in [0.5, 0.6) is 0 Å². The van der Waals surface area contributed by atoms with Gasteiger partial charge in [0.15, 0.2) is 11.6 Å². The number of rotatable bonds is 3. The van der Waals surface area contributed by atoms with Crippen LogP contribution in [0.15, 0.2) is 59.1 Å². The van der Waals surface area contributed by atoms with E-state index in [2.05, 4.69) is 15.0 Å². The average Bonchev–Trinajstić information content (AvgIpc) is 3.29. The van der Waals surface area contributed by atoms with Crippen molar-refractivity contribution in [2.75, 3.05) is 5.73 Å². The van der Waals surface area contributed by atoms with Crippen molar-refractivity contribution < 1.29 is 9.21 Å². The highest BCUT2D eigenvalue weighted by Gasteiger charge is 2.23. The summed E-state index contributed by atoms with van der Waals surface area (Å²) >= 11 is 1.14. The molecule has 1 amide bonds. The molecule has 7 nitrogen and oxygen atoms in total. The Balaban J connectivity index is 1.85. The molecule has 0 atom stereocenters. The predicted octanol–water partition coefficient (Wildman–Crippen LogP) is 3.85. The SMILES string of the molecule is NC(=O)c1sc2nc(-c3ccccn3)nc(-c3cc4ccccc4o3)c2c1N. The summed E-state index contributed by atoms with van der Waals surface area (Å²) in [5, 5.41) is 1.49. The van der Waals surface area contributed by atoms with Gasteiger partial charge in [-0.05, 0) is 24.3 Å². The number of nitrogen functional groups attached to an aromatic ring is 1. The molecule has 0 fully saturated rings. The number of pyridine rings is 1. The van der Waals surface area contributed by atoms with E-state index in [1.165, 1.54) is 0 Å². The molecule has 0 spiro atoms. The van der Waals surface area contributed by atoms with Crippen LogP contribution in [0.3, 0.4) is 0 Å². The number of fused-ring (bicyclic) bond motifs is 2. The highest BCUT2D eigenvalue weighted by Crippen LogP contribution is 2.40. The minimum absolute atomic E-state index is 0.250. The maximum Gasteiger partial charge on any atom is 0.260 e. The molecule has 5 rings (SSSR count). The van der Waals surface area contributed by atoms with Crippen molar-refractivity contribution >= 4 is 44.1 Å². The Morgan fingerprint density at radius 2 is 1.89 bits per heavy atom. The molecule has 0 radical (unpaired) electrons. The molecule has 4 aromatic heterocycles. The molecule has 136 valence electrons. The van der Waals surface area contributed by atoms with Crippen LogP contribution in [-0.2, 0) is 0 Å². The van der Waals surface area contributed by atoms with Crippen molar-refractivity contribution in [2.45, 2.75) is 0 Å². The quantitative estimate of drug-likeness (QED) is 0.485. The molecule has 28 heavy (non-hydrogen) atoms. The van der Waals surface area contributed by atoms with E-state index in [1.807, 2.05) is 48.5 Å². The van der Waals surface area contributed by atoms with Gasteiger partial charge in [-0.3, -0.25) is 9.78 Å². The second kappa shape index (κ2) is 6.14. The summed E-state index contributed by atoms with van der Waals surface area (Å²) in [4.78, 5) is 26.2. The zero-order valence-corrected chi connectivity index (χ0v) is 15.2. The van der Waals surface area contributed by atoms with E-state index in [1.54, 1.807) is 6.20 Å². The van der Waals surface area contributed by atoms with Crippen molar-refractivity contribution in [1.29, 1.82) is 0 Å². The van der Waals surface area contributed by atoms with Gasteiger partial charge < -0.3 is 15.9 Å². The Bertz CT molecular complexity index is 1320. The summed E-state index contributed by atoms with van der Waals surface area (Å²) in [5.74, 6) is 0.350. The van der Waals surface area contributed by atoms with Gasteiger partial charge in [0.1, 0.15) is 26.7 Å². The summed E-state index contributed by atoms with van der Waals surface area (Å²) in [6, 6.07) is 15.0. The first-order valence-corrected chi connectivity index (χ1v) is 9.23. The first kappa shape index (κ1) is 16.4. The number of amides is 1. The lowest BCUT2D eigenvalue weighted by Crippen LogP contribution is -2.10. The van der Waals surface area contributed by atoms with Gasteiger partial charge in [-0.2, -0.15) is 0 Å². The molecular formula is C20H13N5O2S. The molecule has 0 aliphatic heterocycles. The molecule has 8 heteroatoms. The lowest BCUT2D eigenvalue weighted by atomic mass is 10.1. The summed E-state index contributed by atoms with van der Waals surface area (Å²) in [6.07, 6.45) is 1.67. The second-order valence-electron chi connectivity index (χ2n) is 6.15. The molecule has 4 N–H and O–H groups in total. The van der Waals surface area contributed by atoms with Crippen molar-refractivity contribution in [3.8, 4) is 23.0 Å². The molecule has 0 unspecified atom stereocenters. The number of carbonyl (C=O) groups is 1. The van der Waals surface area contributed by atoms with Crippen LogP contribution < -0.4 is 11.5 Å². The Morgan fingerprint density at radius 3 is 2.64 bits per heavy atom. The third-order valence-corrected chi connectivity index (χ3v) is 5.48. The number of primary amides is 1. The van der Waals surface area contributed by atoms with E-state index >= 15 is 0 Å². The van der Waals surface area contributed by atoms with Crippen LogP contribution in [-0.4, -0.2) is 20.9 Å². The molecule has 0 saturated carbocycles. The van der Waals surface area contributed by atoms with Crippen LogP contribution in [0.4, 0.5) is 5.69 Å². The van der Waals surface area contributed by atoms with Crippen LogP contribution in [0.25, 0.3) is 44.2 Å². The second-order valence-corrected chi connectivity index (χ2v) is 7.15. The Kier molecular flexibility index (Phi) is 3.59. The number of thiophene rings is 1. The van der Waals surface area contributed by atoms with E-state index < -0.39 is 5.91 Å². The van der Waals surface area contributed by atoms with Crippen LogP contribution in [0, 0.1) is 0 Å². The highest BCUT2D eigenvalue weighted by atomic mass is 32.1. The smallest absolute Gasteiger partial charge is 0.260 e. The Morgan fingerprint density at radius 1 is 1.07 bits per heavy atom. The number of hydrogen-bond donors (Lipinski definition) is 2. The van der Waals surface area contributed by atoms with Crippen LogP contribution in [0.2, 0.25) is 0 Å². The minimum Gasteiger partial charge on any atom is -0.454 e. The number of hydrogen-bond acceptors (Lipinski definition) is 7. The van der Waals surface area contributed by atoms with Gasteiger partial charge in [-0.15, -0.1) is 11.3 Å². The van der Waals surface area contributed by atoms with Gasteiger partial charge in [0, 0.05) is 11.6 Å². The maximum atomic E-state index is 11.8. The number of anilines is 1. The third kappa shape index (κ3) is 2.50. The fourth-order valence-corrected chi connectivity index (χ4v) is 4.04. The van der Waals surface area contributed by atoms with Gasteiger partial charge in [0.2, 0.25) is 0 Å². The van der Waals surface area contributed by atoms with Crippen molar-refractivity contribution in [2.24, 2.45) is 5.73 Å². The number of nitrogens with two attached hydrogens (primary N) is 2. The first-order chi connectivity index (χ1) is 13.6. The first-order valence-electron chi connectivity index (χ1n) is 8.42. The summed E-state index contributed by atoms with van der Waals surface area (Å²) in [6.45, 7) is 0. The minimum atomic E-state index is -0.601. The van der Waals surface area contributed by atoms with E-state index in [4.69, 9.17) is 15.9 Å². The number of carbonyl (C=O) groups excluding carboxylic acids is 1. The van der Waals surface area contributed by atoms with E-state index in [-0.39, 0.29) is 10.6 Å². The zero-order valence-electron chi connectivity index (χ0n) is 14.4. The lowest BCUT2D eigenvalue weighted by Gasteiger charge is -2.04. The van der Waals surface area contributed by atoms with Crippen molar-refractivity contribution in [1.82, 2.24) is 15.0 Å². The van der Waals surface area contributed by atoms with Gasteiger partial charge in [-0.1, -0.05) is 24.3 Å². The molecule has 0 aliphatic carbocycles. The number of nitrogens with zero attached hydrogens (tertiary/aromatic N) is 3. The standard InChI is InChI=1S/C20H13N5O2S/c21-15-14-16(13-9-10-5-1-2-7-12(10)27-13)24-19(11-6-3-4-8-23-11)25-20(14)28-17(15)18(22)26/h1-9H,21H2,(H2,22,26). The normalized spacial score (nSPS) is 11.3. The van der Waals surface area contributed by atoms with Crippen LogP contribution in [0.1, 0.15) is 9.67 Å². The zero-order chi connectivity index (χ0) is 19.3. The van der Waals surface area contributed by atoms with Crippen molar-refractivity contribution in [3.63, 3.8) is 0 Å². The summed E-state index contributed by atoms with van der Waals surface area (Å²) in [7, 11) is 0. The number of benzene rings is 1. The number of para-hydroxylation sites is 1. The molecule has 0 aliphatic rings. The van der Waals surface area contributed by atoms with Gasteiger partial charge in [-0.25, -0.2) is 9.97 Å². The fraction of sp³-hybridized carbons (Fsp3) is 0. The Hall–Kier alpha value is -3.78. The molecule has 5 aromatic rings. The molecular weight excluding hydrogens is 374 g/mol. The largest absolute Gasteiger partial charge is 0.454 e. The lowest BCUT2D eigenvalue weighted by molar-refractivity contribution is 0.100. The van der Waals surface area contributed by atoms with Crippen LogP contribution >= 0.6 is 11.3 Å². The maximum absolute atomic E-state index is 11.8. The fourth-order valence-electron chi connectivity index (χ4n) is 3.09. The Labute approximate surface area is 162 Å². The van der Waals surface area contributed by atoms with E-state index in [0.29, 0.717) is 33.2 Å². The van der Waals surface area contributed by atoms with Gasteiger partial charge in [0.25, 0.3) is 5.91 Å². The molecule has 0 bridgehead atoms. The summed E-state index contributed by atoms with van der Waals surface area (Å²) in [5.41, 5.74) is 13.8. The topological polar surface area (TPSA) is 121 Å². The van der Waals surface area contributed by atoms with E-state index in [9.17, 15) is 4.79 Å². The average molecular weight is 387 g/mol. The molecule has 0 saturated heterocycles. The van der Waals surface area contributed by atoms with E-state index in [0.717, 1.165) is 22.3 Å². The molecule has 4 heterocycles. The highest BCUT2D eigenvalue weighted by molar-refractivity contribution is 7.21. The number of aromatic nitrogens is 3. The van der Waals surface area contributed by atoms with Gasteiger partial charge >= 0.3 is 0 Å².